The van der Waals surface area contributed by atoms with E-state index in [0.29, 0.717) is 5.75 Å². The highest BCUT2D eigenvalue weighted by molar-refractivity contribution is 9.10. The van der Waals surface area contributed by atoms with Crippen molar-refractivity contribution in [3.8, 4) is 5.75 Å². The van der Waals surface area contributed by atoms with Gasteiger partial charge in [-0.2, -0.15) is 0 Å². The van der Waals surface area contributed by atoms with E-state index in [0.717, 1.165) is 26.7 Å². The minimum absolute atomic E-state index is 0.688. The number of benzene rings is 2. The molecule has 1 N–H and O–H groups in total. The number of aliphatic hydroxyl groups is 1. The summed E-state index contributed by atoms with van der Waals surface area (Å²) in [5, 5.41) is 10.6. The highest BCUT2D eigenvalue weighted by Gasteiger charge is 2.18. The molecule has 0 saturated carbocycles. The van der Waals surface area contributed by atoms with Gasteiger partial charge in [-0.25, -0.2) is 0 Å². The monoisotopic (exact) mass is 320 g/mol. The quantitative estimate of drug-likeness (QED) is 0.920. The summed E-state index contributed by atoms with van der Waals surface area (Å²) in [5.41, 5.74) is 3.82. The van der Waals surface area contributed by atoms with Gasteiger partial charge >= 0.3 is 0 Å². The highest BCUT2D eigenvalue weighted by Crippen LogP contribution is 2.34. The molecule has 0 bridgehead atoms. The summed E-state index contributed by atoms with van der Waals surface area (Å²) in [6, 6.07) is 11.7. The van der Waals surface area contributed by atoms with Crippen LogP contribution in [0.25, 0.3) is 0 Å². The van der Waals surface area contributed by atoms with Gasteiger partial charge in [0.2, 0.25) is 0 Å². The van der Waals surface area contributed by atoms with Gasteiger partial charge < -0.3 is 9.84 Å². The van der Waals surface area contributed by atoms with E-state index in [-0.39, 0.29) is 0 Å². The van der Waals surface area contributed by atoms with E-state index in [1.807, 2.05) is 50.2 Å². The van der Waals surface area contributed by atoms with Gasteiger partial charge in [-0.05, 0) is 43.2 Å². The lowest BCUT2D eigenvalue weighted by Gasteiger charge is -2.18. The molecular weight excluding hydrogens is 304 g/mol. The average molecular weight is 321 g/mol. The Morgan fingerprint density at radius 2 is 1.84 bits per heavy atom. The molecular formula is C16H17BrO2. The lowest BCUT2D eigenvalue weighted by Crippen LogP contribution is -2.05. The van der Waals surface area contributed by atoms with E-state index >= 15 is 0 Å². The number of ether oxygens (including phenoxy) is 1. The zero-order chi connectivity index (χ0) is 14.0. The summed E-state index contributed by atoms with van der Waals surface area (Å²) in [4.78, 5) is 0. The molecule has 0 amide bonds. The molecule has 0 saturated heterocycles. The Hall–Kier alpha value is -1.32. The Bertz CT molecular complexity index is 593. The van der Waals surface area contributed by atoms with E-state index in [2.05, 4.69) is 15.9 Å². The molecule has 3 heteroatoms. The number of rotatable bonds is 3. The van der Waals surface area contributed by atoms with E-state index in [1.54, 1.807) is 7.11 Å². The van der Waals surface area contributed by atoms with Crippen LogP contribution in [0.2, 0.25) is 0 Å². The van der Waals surface area contributed by atoms with Gasteiger partial charge in [0.25, 0.3) is 0 Å². The van der Waals surface area contributed by atoms with Gasteiger partial charge in [0, 0.05) is 10.0 Å². The Kier molecular flexibility index (Phi) is 4.27. The van der Waals surface area contributed by atoms with Crippen molar-refractivity contribution in [2.24, 2.45) is 0 Å². The molecule has 1 unspecified atom stereocenters. The fourth-order valence-corrected chi connectivity index (χ4v) is 2.54. The van der Waals surface area contributed by atoms with Crippen molar-refractivity contribution >= 4 is 15.9 Å². The van der Waals surface area contributed by atoms with Crippen molar-refractivity contribution in [3.05, 3.63) is 63.1 Å². The van der Waals surface area contributed by atoms with E-state index in [1.165, 1.54) is 0 Å². The number of aliphatic hydroxyl groups excluding tert-OH is 1. The molecule has 2 aromatic rings. The standard InChI is InChI=1S/C16H17BrO2/c1-10-7-8-15(19-3)13(9-10)16(18)12-5-4-6-14(17)11(12)2/h4-9,16,18H,1-3H3. The zero-order valence-electron chi connectivity index (χ0n) is 11.3. The predicted molar refractivity (Wildman–Crippen MR) is 80.7 cm³/mol. The number of halogens is 1. The minimum Gasteiger partial charge on any atom is -0.496 e. The fraction of sp³-hybridized carbons (Fsp3) is 0.250. The molecule has 1 atom stereocenters. The maximum atomic E-state index is 10.6. The molecule has 0 aliphatic carbocycles. The third-order valence-corrected chi connectivity index (χ3v) is 4.14. The summed E-state index contributed by atoms with van der Waals surface area (Å²) in [5.74, 6) is 0.706. The summed E-state index contributed by atoms with van der Waals surface area (Å²) in [6.45, 7) is 3.99. The third kappa shape index (κ3) is 2.82. The molecule has 0 fully saturated rings. The number of hydrogen-bond donors (Lipinski definition) is 1. The van der Waals surface area contributed by atoms with Crippen LogP contribution in [0, 0.1) is 13.8 Å². The summed E-state index contributed by atoms with van der Waals surface area (Å²) >= 11 is 3.49. The van der Waals surface area contributed by atoms with Crippen LogP contribution in [0.1, 0.15) is 28.4 Å². The highest BCUT2D eigenvalue weighted by atomic mass is 79.9. The van der Waals surface area contributed by atoms with Crippen LogP contribution in [0.3, 0.4) is 0 Å². The minimum atomic E-state index is -0.688. The first-order chi connectivity index (χ1) is 9.04. The predicted octanol–water partition coefficient (Wildman–Crippen LogP) is 4.16. The second-order valence-corrected chi connectivity index (χ2v) is 5.46. The van der Waals surface area contributed by atoms with E-state index < -0.39 is 6.10 Å². The second-order valence-electron chi connectivity index (χ2n) is 4.60. The van der Waals surface area contributed by atoms with Crippen molar-refractivity contribution in [1.82, 2.24) is 0 Å². The van der Waals surface area contributed by atoms with Crippen molar-refractivity contribution in [2.45, 2.75) is 20.0 Å². The molecule has 0 aliphatic heterocycles. The molecule has 2 rings (SSSR count). The van der Waals surface area contributed by atoms with Crippen LogP contribution in [-0.2, 0) is 0 Å². The molecule has 0 aromatic heterocycles. The van der Waals surface area contributed by atoms with Crippen molar-refractivity contribution in [2.75, 3.05) is 7.11 Å². The van der Waals surface area contributed by atoms with Gasteiger partial charge in [0.05, 0.1) is 7.11 Å². The molecule has 2 nitrogen and oxygen atoms in total. The lowest BCUT2D eigenvalue weighted by atomic mass is 9.96. The summed E-state index contributed by atoms with van der Waals surface area (Å²) < 4.78 is 6.34. The molecule has 0 aliphatic rings. The van der Waals surface area contributed by atoms with Gasteiger partial charge in [-0.3, -0.25) is 0 Å². The number of hydrogen-bond acceptors (Lipinski definition) is 2. The smallest absolute Gasteiger partial charge is 0.125 e. The largest absolute Gasteiger partial charge is 0.496 e. The van der Waals surface area contributed by atoms with E-state index in [9.17, 15) is 5.11 Å². The Morgan fingerprint density at radius 3 is 2.53 bits per heavy atom. The van der Waals surface area contributed by atoms with Crippen LogP contribution in [0.15, 0.2) is 40.9 Å². The van der Waals surface area contributed by atoms with Crippen molar-refractivity contribution < 1.29 is 9.84 Å². The zero-order valence-corrected chi connectivity index (χ0v) is 12.9. The summed E-state index contributed by atoms with van der Waals surface area (Å²) in [6.07, 6.45) is -0.688. The fourth-order valence-electron chi connectivity index (χ4n) is 2.16. The summed E-state index contributed by atoms with van der Waals surface area (Å²) in [7, 11) is 1.62. The normalized spacial score (nSPS) is 12.3. The first-order valence-corrected chi connectivity index (χ1v) is 6.91. The topological polar surface area (TPSA) is 29.5 Å². The maximum Gasteiger partial charge on any atom is 0.125 e. The first kappa shape index (κ1) is 14.1. The van der Waals surface area contributed by atoms with Crippen molar-refractivity contribution in [1.29, 1.82) is 0 Å². The molecule has 0 heterocycles. The van der Waals surface area contributed by atoms with Crippen LogP contribution >= 0.6 is 15.9 Å². The number of methoxy groups -OCH3 is 1. The van der Waals surface area contributed by atoms with Crippen LogP contribution < -0.4 is 4.74 Å². The molecule has 19 heavy (non-hydrogen) atoms. The molecule has 0 spiro atoms. The second kappa shape index (κ2) is 5.76. The van der Waals surface area contributed by atoms with Crippen LogP contribution in [0.4, 0.5) is 0 Å². The van der Waals surface area contributed by atoms with Crippen molar-refractivity contribution in [3.63, 3.8) is 0 Å². The third-order valence-electron chi connectivity index (χ3n) is 3.28. The Balaban J connectivity index is 2.52. The Labute approximate surface area is 122 Å². The first-order valence-electron chi connectivity index (χ1n) is 6.12. The lowest BCUT2D eigenvalue weighted by molar-refractivity contribution is 0.214. The SMILES string of the molecule is COc1ccc(C)cc1C(O)c1cccc(Br)c1C. The van der Waals surface area contributed by atoms with Gasteiger partial charge in [-0.15, -0.1) is 0 Å². The van der Waals surface area contributed by atoms with Gasteiger partial charge in [-0.1, -0.05) is 39.7 Å². The molecule has 0 radical (unpaired) electrons. The van der Waals surface area contributed by atoms with Crippen LogP contribution in [-0.4, -0.2) is 12.2 Å². The molecule has 100 valence electrons. The number of aryl methyl sites for hydroxylation is 1. The molecule has 2 aromatic carbocycles. The van der Waals surface area contributed by atoms with E-state index in [4.69, 9.17) is 4.74 Å². The van der Waals surface area contributed by atoms with Gasteiger partial charge in [0.15, 0.2) is 0 Å². The maximum absolute atomic E-state index is 10.6. The van der Waals surface area contributed by atoms with Gasteiger partial charge in [0.1, 0.15) is 11.9 Å². The average Bonchev–Trinajstić information content (AvgIpc) is 2.41. The Morgan fingerprint density at radius 1 is 1.11 bits per heavy atom. The van der Waals surface area contributed by atoms with Crippen LogP contribution in [0.5, 0.6) is 5.75 Å².